The summed E-state index contributed by atoms with van der Waals surface area (Å²) in [5.74, 6) is 1.16. The van der Waals surface area contributed by atoms with Crippen LogP contribution < -0.4 is 10.6 Å². The number of benzene rings is 1. The Kier molecular flexibility index (Phi) is 5.45. The molecule has 5 nitrogen and oxygen atoms in total. The molecule has 3 N–H and O–H groups in total. The van der Waals surface area contributed by atoms with Crippen molar-refractivity contribution in [3.8, 4) is 0 Å². The third-order valence-electron chi connectivity index (χ3n) is 3.65. The number of hydrogen-bond donors (Lipinski definition) is 3. The summed E-state index contributed by atoms with van der Waals surface area (Å²) < 4.78 is 5.41. The van der Waals surface area contributed by atoms with Crippen LogP contribution in [0.25, 0.3) is 0 Å². The lowest BCUT2D eigenvalue weighted by Gasteiger charge is -2.21. The average molecular weight is 316 g/mol. The molecule has 0 aliphatic carbocycles. The van der Waals surface area contributed by atoms with Crippen molar-refractivity contribution in [2.75, 3.05) is 13.1 Å². The van der Waals surface area contributed by atoms with Crippen molar-refractivity contribution in [3.63, 3.8) is 0 Å². The Morgan fingerprint density at radius 3 is 2.65 bits per heavy atom. The maximum Gasteiger partial charge on any atom is 0.314 e. The first-order valence-corrected chi connectivity index (χ1v) is 7.73. The number of aliphatic hydroxyl groups is 1. The molecule has 2 amide bonds. The van der Waals surface area contributed by atoms with E-state index < -0.39 is 5.60 Å². The molecule has 1 aromatic carbocycles. The third kappa shape index (κ3) is 5.14. The highest BCUT2D eigenvalue weighted by Crippen LogP contribution is 2.21. The fourth-order valence-electron chi connectivity index (χ4n) is 2.31. The van der Waals surface area contributed by atoms with Crippen molar-refractivity contribution in [2.45, 2.75) is 32.8 Å². The minimum absolute atomic E-state index is 0.0796. The molecule has 1 unspecified atom stereocenters. The molecule has 0 aliphatic heterocycles. The predicted molar refractivity (Wildman–Crippen MR) is 89.3 cm³/mol. The lowest BCUT2D eigenvalue weighted by Crippen LogP contribution is -2.43. The lowest BCUT2D eigenvalue weighted by molar-refractivity contribution is 0.0360. The number of nitrogens with one attached hydrogen (secondary N) is 2. The monoisotopic (exact) mass is 316 g/mol. The minimum Gasteiger partial charge on any atom is -0.463 e. The molecular formula is C18H24N2O3. The largest absolute Gasteiger partial charge is 0.463 e. The lowest BCUT2D eigenvalue weighted by atomic mass is 10.0. The Morgan fingerprint density at radius 1 is 1.22 bits per heavy atom. The molecule has 0 bridgehead atoms. The maximum absolute atomic E-state index is 11.8. The predicted octanol–water partition coefficient (Wildman–Crippen LogP) is 2.65. The van der Waals surface area contributed by atoms with Crippen LogP contribution in [-0.4, -0.2) is 24.2 Å². The summed E-state index contributed by atoms with van der Waals surface area (Å²) in [5, 5.41) is 15.8. The molecule has 2 aromatic rings. The van der Waals surface area contributed by atoms with Crippen molar-refractivity contribution in [1.29, 1.82) is 0 Å². The molecule has 124 valence electrons. The van der Waals surface area contributed by atoms with E-state index in [2.05, 4.69) is 16.7 Å². The van der Waals surface area contributed by atoms with Gasteiger partial charge in [0.25, 0.3) is 0 Å². The van der Waals surface area contributed by atoms with Gasteiger partial charge in [0, 0.05) is 6.54 Å². The zero-order valence-corrected chi connectivity index (χ0v) is 13.8. The third-order valence-corrected chi connectivity index (χ3v) is 3.65. The van der Waals surface area contributed by atoms with E-state index in [0.717, 1.165) is 12.2 Å². The molecule has 1 heterocycles. The maximum atomic E-state index is 11.8. The Bertz CT molecular complexity index is 662. The Balaban J connectivity index is 1.74. The molecule has 23 heavy (non-hydrogen) atoms. The van der Waals surface area contributed by atoms with Gasteiger partial charge in [0.15, 0.2) is 0 Å². The number of furan rings is 1. The first-order valence-electron chi connectivity index (χ1n) is 7.73. The fraction of sp³-hybridized carbons (Fsp3) is 0.389. The van der Waals surface area contributed by atoms with Gasteiger partial charge in [-0.2, -0.15) is 0 Å². The van der Waals surface area contributed by atoms with Crippen LogP contribution >= 0.6 is 0 Å². The second kappa shape index (κ2) is 7.33. The van der Waals surface area contributed by atoms with E-state index in [1.54, 1.807) is 19.1 Å². The van der Waals surface area contributed by atoms with Crippen LogP contribution in [0.3, 0.4) is 0 Å². The van der Waals surface area contributed by atoms with E-state index in [1.165, 1.54) is 11.1 Å². The molecule has 1 aromatic heterocycles. The van der Waals surface area contributed by atoms with Gasteiger partial charge in [-0.15, -0.1) is 0 Å². The zero-order chi connectivity index (χ0) is 16.9. The number of urea groups is 1. The number of hydrogen-bond acceptors (Lipinski definition) is 3. The highest BCUT2D eigenvalue weighted by molar-refractivity contribution is 5.73. The van der Waals surface area contributed by atoms with Crippen LogP contribution in [-0.2, 0) is 12.0 Å². The minimum atomic E-state index is -1.23. The zero-order valence-electron chi connectivity index (χ0n) is 13.8. The van der Waals surface area contributed by atoms with Gasteiger partial charge in [-0.25, -0.2) is 4.79 Å². The van der Waals surface area contributed by atoms with E-state index in [1.807, 2.05) is 32.0 Å². The molecule has 0 radical (unpaired) electrons. The molecule has 0 saturated heterocycles. The van der Waals surface area contributed by atoms with E-state index in [-0.39, 0.29) is 12.6 Å². The first-order chi connectivity index (χ1) is 10.9. The first kappa shape index (κ1) is 17.1. The highest BCUT2D eigenvalue weighted by Gasteiger charge is 2.27. The highest BCUT2D eigenvalue weighted by atomic mass is 16.4. The second-order valence-electron chi connectivity index (χ2n) is 6.03. The Hall–Kier alpha value is -2.27. The van der Waals surface area contributed by atoms with Gasteiger partial charge < -0.3 is 20.2 Å². The van der Waals surface area contributed by atoms with E-state index in [4.69, 9.17) is 4.42 Å². The number of amides is 2. The summed E-state index contributed by atoms with van der Waals surface area (Å²) in [7, 11) is 0. The topological polar surface area (TPSA) is 74.5 Å². The van der Waals surface area contributed by atoms with Gasteiger partial charge in [-0.3, -0.25) is 0 Å². The van der Waals surface area contributed by atoms with Gasteiger partial charge in [-0.1, -0.05) is 29.8 Å². The second-order valence-corrected chi connectivity index (χ2v) is 6.03. The number of aryl methyl sites for hydroxylation is 2. The SMILES string of the molecule is Cc1cccc(CCNC(=O)NCC(C)(O)c2ccc(C)o2)c1. The van der Waals surface area contributed by atoms with Crippen molar-refractivity contribution < 1.29 is 14.3 Å². The van der Waals surface area contributed by atoms with E-state index in [0.29, 0.717) is 12.3 Å². The summed E-state index contributed by atoms with van der Waals surface area (Å²) in [4.78, 5) is 11.8. The van der Waals surface area contributed by atoms with Gasteiger partial charge in [0.05, 0.1) is 6.54 Å². The summed E-state index contributed by atoms with van der Waals surface area (Å²) >= 11 is 0. The fourth-order valence-corrected chi connectivity index (χ4v) is 2.31. The summed E-state index contributed by atoms with van der Waals surface area (Å²) in [6, 6.07) is 11.4. The quantitative estimate of drug-likeness (QED) is 0.767. The van der Waals surface area contributed by atoms with Crippen LogP contribution in [0.15, 0.2) is 40.8 Å². The Morgan fingerprint density at radius 2 is 2.00 bits per heavy atom. The smallest absolute Gasteiger partial charge is 0.314 e. The molecule has 0 fully saturated rings. The summed E-state index contributed by atoms with van der Waals surface area (Å²) in [5.41, 5.74) is 1.15. The summed E-state index contributed by atoms with van der Waals surface area (Å²) in [6.45, 7) is 6.08. The van der Waals surface area contributed by atoms with Crippen molar-refractivity contribution >= 4 is 6.03 Å². The van der Waals surface area contributed by atoms with Crippen LogP contribution in [0.5, 0.6) is 0 Å². The van der Waals surface area contributed by atoms with E-state index in [9.17, 15) is 9.90 Å². The molecule has 0 saturated carbocycles. The Labute approximate surface area is 136 Å². The number of carbonyl (C=O) groups is 1. The van der Waals surface area contributed by atoms with Gasteiger partial charge in [0.2, 0.25) is 0 Å². The average Bonchev–Trinajstić information content (AvgIpc) is 2.93. The van der Waals surface area contributed by atoms with Gasteiger partial charge in [-0.05, 0) is 44.9 Å². The van der Waals surface area contributed by atoms with Crippen LogP contribution in [0.2, 0.25) is 0 Å². The number of carbonyl (C=O) groups excluding carboxylic acids is 1. The molecule has 0 aliphatic rings. The molecule has 5 heteroatoms. The van der Waals surface area contributed by atoms with Crippen LogP contribution in [0.1, 0.15) is 29.6 Å². The van der Waals surface area contributed by atoms with Crippen molar-refractivity contribution in [3.05, 3.63) is 59.0 Å². The summed E-state index contributed by atoms with van der Waals surface area (Å²) in [6.07, 6.45) is 0.767. The molecule has 0 spiro atoms. The van der Waals surface area contributed by atoms with Crippen molar-refractivity contribution in [1.82, 2.24) is 10.6 Å². The van der Waals surface area contributed by atoms with Crippen molar-refractivity contribution in [2.24, 2.45) is 0 Å². The standard InChI is InChI=1S/C18H24N2O3/c1-13-5-4-6-15(11-13)9-10-19-17(21)20-12-18(3,22)16-8-7-14(2)23-16/h4-8,11,22H,9-10,12H2,1-3H3,(H2,19,20,21). The van der Waals surface area contributed by atoms with Gasteiger partial charge in [0.1, 0.15) is 17.1 Å². The number of rotatable bonds is 6. The van der Waals surface area contributed by atoms with Crippen LogP contribution in [0, 0.1) is 13.8 Å². The molecule has 1 atom stereocenters. The van der Waals surface area contributed by atoms with E-state index >= 15 is 0 Å². The van der Waals surface area contributed by atoms with Gasteiger partial charge >= 0.3 is 6.03 Å². The molecular weight excluding hydrogens is 292 g/mol. The van der Waals surface area contributed by atoms with Crippen LogP contribution in [0.4, 0.5) is 4.79 Å². The molecule has 2 rings (SSSR count). The normalized spacial score (nSPS) is 13.4.